The molecule has 7 heteroatoms. The average Bonchev–Trinajstić information content (AvgIpc) is 3.23. The number of carbonyl (C=O) groups excluding carboxylic acids is 2. The molecule has 0 unspecified atom stereocenters. The largest absolute Gasteiger partial charge is 0.497 e. The van der Waals surface area contributed by atoms with Crippen molar-refractivity contribution in [3.8, 4) is 11.5 Å². The zero-order valence-electron chi connectivity index (χ0n) is 16.9. The van der Waals surface area contributed by atoms with Crippen molar-refractivity contribution in [2.45, 2.75) is 25.8 Å². The van der Waals surface area contributed by atoms with Crippen molar-refractivity contribution in [1.82, 2.24) is 4.90 Å². The van der Waals surface area contributed by atoms with Crippen LogP contribution in [-0.2, 0) is 9.53 Å². The van der Waals surface area contributed by atoms with Crippen LogP contribution in [0.15, 0.2) is 36.4 Å². The van der Waals surface area contributed by atoms with Crippen molar-refractivity contribution in [3.63, 3.8) is 0 Å². The molecule has 154 valence electrons. The third kappa shape index (κ3) is 4.45. The first-order valence-corrected chi connectivity index (χ1v) is 9.49. The summed E-state index contributed by atoms with van der Waals surface area (Å²) in [5, 5.41) is 0. The fourth-order valence-corrected chi connectivity index (χ4v) is 3.55. The monoisotopic (exact) mass is 398 g/mol. The summed E-state index contributed by atoms with van der Waals surface area (Å²) >= 11 is 0. The van der Waals surface area contributed by atoms with E-state index in [2.05, 4.69) is 0 Å². The summed E-state index contributed by atoms with van der Waals surface area (Å²) in [4.78, 5) is 26.8. The number of likely N-dealkylation sites (tertiary alicyclic amines) is 1. The van der Waals surface area contributed by atoms with Gasteiger partial charge in [-0.1, -0.05) is 6.07 Å². The van der Waals surface area contributed by atoms with Crippen molar-refractivity contribution in [2.24, 2.45) is 0 Å². The minimum atomic E-state index is -0.570. The first-order valence-electron chi connectivity index (χ1n) is 9.49. The van der Waals surface area contributed by atoms with Crippen LogP contribution in [0.2, 0.25) is 0 Å². The lowest BCUT2D eigenvalue weighted by atomic mass is 10.0. The van der Waals surface area contributed by atoms with Crippen molar-refractivity contribution in [2.75, 3.05) is 33.1 Å². The summed E-state index contributed by atoms with van der Waals surface area (Å²) in [5.74, 6) is 0.580. The Hall–Kier alpha value is -3.22. The highest BCUT2D eigenvalue weighted by atomic mass is 16.5. The maximum Gasteiger partial charge on any atom is 0.338 e. The molecule has 0 saturated carbocycles. The Morgan fingerprint density at radius 2 is 1.93 bits per heavy atom. The van der Waals surface area contributed by atoms with E-state index in [4.69, 9.17) is 19.9 Å². The van der Waals surface area contributed by atoms with Gasteiger partial charge < -0.3 is 24.8 Å². The zero-order valence-corrected chi connectivity index (χ0v) is 16.9. The molecule has 2 aromatic carbocycles. The van der Waals surface area contributed by atoms with Gasteiger partial charge in [-0.2, -0.15) is 0 Å². The van der Waals surface area contributed by atoms with Gasteiger partial charge in [-0.3, -0.25) is 4.79 Å². The summed E-state index contributed by atoms with van der Waals surface area (Å²) < 4.78 is 16.0. The van der Waals surface area contributed by atoms with Crippen LogP contribution in [-0.4, -0.2) is 44.1 Å². The Labute approximate surface area is 170 Å². The summed E-state index contributed by atoms with van der Waals surface area (Å²) in [5.41, 5.74) is 8.44. The fourth-order valence-electron chi connectivity index (χ4n) is 3.55. The molecule has 29 heavy (non-hydrogen) atoms. The van der Waals surface area contributed by atoms with E-state index in [-0.39, 0.29) is 18.6 Å². The normalized spacial score (nSPS) is 15.8. The smallest absolute Gasteiger partial charge is 0.338 e. The Bertz CT molecular complexity index is 912. The maximum atomic E-state index is 12.8. The van der Waals surface area contributed by atoms with Crippen molar-refractivity contribution in [3.05, 3.63) is 53.1 Å². The first kappa shape index (κ1) is 20.5. The van der Waals surface area contributed by atoms with Crippen LogP contribution in [0.4, 0.5) is 5.69 Å². The highest BCUT2D eigenvalue weighted by Crippen LogP contribution is 2.38. The van der Waals surface area contributed by atoms with Gasteiger partial charge in [-0.05, 0) is 55.7 Å². The molecule has 1 fully saturated rings. The van der Waals surface area contributed by atoms with Crippen molar-refractivity contribution < 1.29 is 23.8 Å². The van der Waals surface area contributed by atoms with Gasteiger partial charge in [0.15, 0.2) is 6.61 Å². The minimum absolute atomic E-state index is 0.152. The molecular formula is C22H26N2O5. The van der Waals surface area contributed by atoms with E-state index < -0.39 is 5.97 Å². The predicted molar refractivity (Wildman–Crippen MR) is 109 cm³/mol. The fraction of sp³-hybridized carbons (Fsp3) is 0.364. The van der Waals surface area contributed by atoms with E-state index in [1.807, 2.05) is 25.1 Å². The second-order valence-electron chi connectivity index (χ2n) is 7.00. The van der Waals surface area contributed by atoms with Gasteiger partial charge in [0.25, 0.3) is 5.91 Å². The number of amides is 1. The van der Waals surface area contributed by atoms with E-state index >= 15 is 0 Å². The molecule has 1 aliphatic rings. The highest BCUT2D eigenvalue weighted by molar-refractivity contribution is 5.92. The Morgan fingerprint density at radius 3 is 2.62 bits per heavy atom. The molecule has 0 spiro atoms. The lowest BCUT2D eigenvalue weighted by Crippen LogP contribution is -2.34. The van der Waals surface area contributed by atoms with Gasteiger partial charge in [0, 0.05) is 17.8 Å². The third-order valence-corrected chi connectivity index (χ3v) is 5.21. The summed E-state index contributed by atoms with van der Waals surface area (Å²) in [7, 11) is 3.20. The van der Waals surface area contributed by atoms with Gasteiger partial charge in [0.2, 0.25) is 0 Å². The molecule has 0 bridgehead atoms. The van der Waals surface area contributed by atoms with Crippen LogP contribution in [0, 0.1) is 6.92 Å². The zero-order chi connectivity index (χ0) is 21.0. The molecule has 2 N–H and O–H groups in total. The number of nitrogens with two attached hydrogens (primary N) is 1. The predicted octanol–water partition coefficient (Wildman–Crippen LogP) is 3.11. The van der Waals surface area contributed by atoms with E-state index in [0.29, 0.717) is 29.3 Å². The molecular weight excluding hydrogens is 372 g/mol. The molecule has 2 aromatic rings. The number of nitrogen functional groups attached to an aromatic ring is 1. The molecule has 1 saturated heterocycles. The maximum absolute atomic E-state index is 12.8. The van der Waals surface area contributed by atoms with E-state index in [1.165, 1.54) is 0 Å². The lowest BCUT2D eigenvalue weighted by molar-refractivity contribution is -0.135. The standard InChI is InChI=1S/C22H26N2O5/c1-14-6-7-15(11-18(14)23)22(26)29-13-21(25)24-10-4-5-19(24)17-12-16(27-2)8-9-20(17)28-3/h6-9,11-12,19H,4-5,10,13,23H2,1-3H3/t19-/m0/s1. The van der Waals surface area contributed by atoms with Crippen molar-refractivity contribution in [1.29, 1.82) is 0 Å². The van der Waals surface area contributed by atoms with Crippen LogP contribution < -0.4 is 15.2 Å². The number of hydrogen-bond acceptors (Lipinski definition) is 6. The lowest BCUT2D eigenvalue weighted by Gasteiger charge is -2.26. The quantitative estimate of drug-likeness (QED) is 0.594. The number of rotatable bonds is 6. The number of hydrogen-bond donors (Lipinski definition) is 1. The molecule has 0 aliphatic carbocycles. The number of anilines is 1. The summed E-state index contributed by atoms with van der Waals surface area (Å²) in [6, 6.07) is 10.3. The van der Waals surface area contributed by atoms with Gasteiger partial charge in [-0.25, -0.2) is 4.79 Å². The third-order valence-electron chi connectivity index (χ3n) is 5.21. The number of aryl methyl sites for hydroxylation is 1. The van der Waals surface area contributed by atoms with Gasteiger partial charge in [0.05, 0.1) is 25.8 Å². The van der Waals surface area contributed by atoms with E-state index in [9.17, 15) is 9.59 Å². The Balaban J connectivity index is 1.70. The first-order chi connectivity index (χ1) is 13.9. The van der Waals surface area contributed by atoms with E-state index in [0.717, 1.165) is 24.0 Å². The molecule has 1 aliphatic heterocycles. The molecule has 3 rings (SSSR count). The average molecular weight is 398 g/mol. The van der Waals surface area contributed by atoms with Crippen LogP contribution in [0.3, 0.4) is 0 Å². The number of nitrogens with zero attached hydrogens (tertiary/aromatic N) is 1. The number of ether oxygens (including phenoxy) is 3. The molecule has 0 radical (unpaired) electrons. The summed E-state index contributed by atoms with van der Waals surface area (Å²) in [6.45, 7) is 2.13. The second kappa shape index (κ2) is 8.86. The van der Waals surface area contributed by atoms with Crippen LogP contribution >= 0.6 is 0 Å². The summed E-state index contributed by atoms with van der Waals surface area (Å²) in [6.07, 6.45) is 1.66. The molecule has 1 amide bonds. The van der Waals surface area contributed by atoms with Crippen LogP contribution in [0.1, 0.15) is 40.4 Å². The topological polar surface area (TPSA) is 91.1 Å². The Morgan fingerprint density at radius 1 is 1.14 bits per heavy atom. The van der Waals surface area contributed by atoms with Gasteiger partial charge >= 0.3 is 5.97 Å². The van der Waals surface area contributed by atoms with Gasteiger partial charge in [-0.15, -0.1) is 0 Å². The number of carbonyl (C=O) groups is 2. The number of benzene rings is 2. The molecule has 1 atom stereocenters. The van der Waals surface area contributed by atoms with Crippen molar-refractivity contribution >= 4 is 17.6 Å². The minimum Gasteiger partial charge on any atom is -0.497 e. The number of methoxy groups -OCH3 is 2. The second-order valence-corrected chi connectivity index (χ2v) is 7.00. The molecule has 7 nitrogen and oxygen atoms in total. The number of esters is 1. The highest BCUT2D eigenvalue weighted by Gasteiger charge is 2.32. The Kier molecular flexibility index (Phi) is 6.26. The van der Waals surface area contributed by atoms with Crippen LogP contribution in [0.25, 0.3) is 0 Å². The van der Waals surface area contributed by atoms with E-state index in [1.54, 1.807) is 37.3 Å². The van der Waals surface area contributed by atoms with Gasteiger partial charge in [0.1, 0.15) is 11.5 Å². The molecule has 0 aromatic heterocycles. The SMILES string of the molecule is COc1ccc(OC)c([C@@H]2CCCN2C(=O)COC(=O)c2ccc(C)c(N)c2)c1. The molecule has 1 heterocycles. The van der Waals surface area contributed by atoms with Crippen LogP contribution in [0.5, 0.6) is 11.5 Å².